The summed E-state index contributed by atoms with van der Waals surface area (Å²) in [4.78, 5) is 0. The molecule has 5 N–H and O–H groups in total. The lowest BCUT2D eigenvalue weighted by atomic mass is 10.5. The smallest absolute Gasteiger partial charge is 0.101 e. The zero-order valence-electron chi connectivity index (χ0n) is 6.87. The summed E-state index contributed by atoms with van der Waals surface area (Å²) in [6, 6.07) is 0. The van der Waals surface area contributed by atoms with Crippen molar-refractivity contribution >= 4 is 0 Å². The molecule has 0 fully saturated rings. The van der Waals surface area contributed by atoms with Crippen molar-refractivity contribution in [2.75, 3.05) is 34.3 Å². The number of aliphatic hydroxyl groups excluding tert-OH is 1. The van der Waals surface area contributed by atoms with E-state index in [1.54, 1.807) is 0 Å². The Morgan fingerprint density at radius 1 is 1.30 bits per heavy atom. The van der Waals surface area contributed by atoms with Crippen LogP contribution in [0.15, 0.2) is 0 Å². The Morgan fingerprint density at radius 3 is 1.60 bits per heavy atom. The molecule has 0 aromatic heterocycles. The fourth-order valence-corrected chi connectivity index (χ4v) is 0.300. The highest BCUT2D eigenvalue weighted by atomic mass is 16.4. The van der Waals surface area contributed by atoms with E-state index in [4.69, 9.17) is 10.3 Å². The van der Waals surface area contributed by atoms with E-state index >= 15 is 0 Å². The molecule has 0 atom stereocenters. The summed E-state index contributed by atoms with van der Waals surface area (Å²) < 4.78 is 0.844. The molecular formula is C5H18N2O3. The summed E-state index contributed by atoms with van der Waals surface area (Å²) in [5.74, 6) is 2.00. The van der Waals surface area contributed by atoms with Gasteiger partial charge in [0.1, 0.15) is 6.54 Å². The minimum atomic E-state index is 0. The number of hydrogen-bond acceptors (Lipinski definition) is 3. The van der Waals surface area contributed by atoms with Gasteiger partial charge in [-0.2, -0.15) is 0 Å². The molecule has 0 aliphatic heterocycles. The lowest BCUT2D eigenvalue weighted by Crippen LogP contribution is -2.37. The highest BCUT2D eigenvalue weighted by molar-refractivity contribution is 4.19. The molecule has 5 heteroatoms. The standard InChI is InChI=1S/C5H14NO.H3NO.H2O/c1-6(2,3)4-5-7;1-2;/h7H,4-5H2,1-3H3;1H3;1H2/q+1;;/p-1. The summed E-state index contributed by atoms with van der Waals surface area (Å²) >= 11 is 0. The van der Waals surface area contributed by atoms with Crippen molar-refractivity contribution in [2.45, 2.75) is 0 Å². The highest BCUT2D eigenvalue weighted by Crippen LogP contribution is 1.84. The molecule has 0 unspecified atom stereocenters. The van der Waals surface area contributed by atoms with E-state index in [0.717, 1.165) is 11.0 Å². The third-order valence-corrected chi connectivity index (χ3v) is 0.771. The molecule has 0 rings (SSSR count). The van der Waals surface area contributed by atoms with Gasteiger partial charge in [0.25, 0.3) is 0 Å². The molecule has 5 nitrogen and oxygen atoms in total. The van der Waals surface area contributed by atoms with Crippen molar-refractivity contribution in [1.82, 2.24) is 0 Å². The predicted octanol–water partition coefficient (Wildman–Crippen LogP) is -1.77. The normalized spacial score (nSPS) is 9.00. The second kappa shape index (κ2) is 8.80. The molecule has 0 bridgehead atoms. The van der Waals surface area contributed by atoms with Gasteiger partial charge in [-0.05, 0) is 0 Å². The Hall–Kier alpha value is -0.200. The molecule has 0 heterocycles. The minimum absolute atomic E-state index is 0. The van der Waals surface area contributed by atoms with E-state index < -0.39 is 0 Å². The molecule has 0 aromatic rings. The molecule has 0 aliphatic rings. The number of aliphatic hydroxyl groups is 1. The van der Waals surface area contributed by atoms with Gasteiger partial charge < -0.3 is 26.2 Å². The van der Waals surface area contributed by atoms with E-state index in [0.29, 0.717) is 0 Å². The van der Waals surface area contributed by atoms with E-state index in [-0.39, 0.29) is 12.1 Å². The Bertz CT molecular complexity index is 53.3. The van der Waals surface area contributed by atoms with Crippen LogP contribution < -0.4 is 5.90 Å². The SMILES string of the molecule is C[N+](C)(C)CCO.[NH3+][O-].[OH-]. The van der Waals surface area contributed by atoms with Crippen molar-refractivity contribution in [3.8, 4) is 0 Å². The van der Waals surface area contributed by atoms with Crippen LogP contribution in [0, 0.1) is 5.21 Å². The maximum Gasteiger partial charge on any atom is 0.101 e. The number of rotatable bonds is 2. The predicted molar refractivity (Wildman–Crippen MR) is 38.2 cm³/mol. The average molecular weight is 154 g/mol. The second-order valence-electron chi connectivity index (χ2n) is 2.74. The van der Waals surface area contributed by atoms with Crippen molar-refractivity contribution < 1.29 is 21.0 Å². The summed E-state index contributed by atoms with van der Waals surface area (Å²) in [7, 11) is 6.16. The first-order valence-electron chi connectivity index (χ1n) is 2.76. The second-order valence-corrected chi connectivity index (χ2v) is 2.74. The van der Waals surface area contributed by atoms with Crippen LogP contribution in [0.1, 0.15) is 0 Å². The van der Waals surface area contributed by atoms with Gasteiger partial charge in [-0.3, -0.25) is 0 Å². The van der Waals surface area contributed by atoms with Crippen LogP contribution in [-0.4, -0.2) is 49.4 Å². The highest BCUT2D eigenvalue weighted by Gasteiger charge is 2.02. The minimum Gasteiger partial charge on any atom is -0.870 e. The summed E-state index contributed by atoms with van der Waals surface area (Å²) in [6.45, 7) is 1.11. The Morgan fingerprint density at radius 2 is 1.60 bits per heavy atom. The number of nitrogens with zero attached hydrogens (tertiary/aromatic N) is 1. The molecule has 10 heavy (non-hydrogen) atoms. The third-order valence-electron chi connectivity index (χ3n) is 0.771. The lowest BCUT2D eigenvalue weighted by molar-refractivity contribution is -0.870. The summed E-state index contributed by atoms with van der Waals surface area (Å²) in [5.41, 5.74) is 0. The van der Waals surface area contributed by atoms with Crippen LogP contribution >= 0.6 is 0 Å². The van der Waals surface area contributed by atoms with Gasteiger partial charge in [0.05, 0.1) is 27.7 Å². The first-order chi connectivity index (χ1) is 4.06. The van der Waals surface area contributed by atoms with Crippen LogP contribution in [0.5, 0.6) is 0 Å². The molecule has 0 spiro atoms. The van der Waals surface area contributed by atoms with Crippen LogP contribution in [-0.2, 0) is 0 Å². The quantitative estimate of drug-likeness (QED) is 0.363. The largest absolute Gasteiger partial charge is 0.870 e. The molecule has 0 saturated heterocycles. The van der Waals surface area contributed by atoms with E-state index in [2.05, 4.69) is 21.1 Å². The molecule has 0 saturated carbocycles. The molecule has 0 radical (unpaired) electrons. The van der Waals surface area contributed by atoms with Gasteiger partial charge in [-0.15, -0.1) is 0 Å². The van der Waals surface area contributed by atoms with Crippen LogP contribution in [0.4, 0.5) is 0 Å². The van der Waals surface area contributed by atoms with Crippen LogP contribution in [0.3, 0.4) is 0 Å². The van der Waals surface area contributed by atoms with Gasteiger partial charge in [0.15, 0.2) is 0 Å². The average Bonchev–Trinajstić information content (AvgIpc) is 1.69. The monoisotopic (exact) mass is 154 g/mol. The Labute approximate surface area is 61.5 Å². The third kappa shape index (κ3) is 25.0. The van der Waals surface area contributed by atoms with Gasteiger partial charge in [0.2, 0.25) is 0 Å². The molecule has 66 valence electrons. The molecular weight excluding hydrogens is 136 g/mol. The van der Waals surface area contributed by atoms with Crippen molar-refractivity contribution in [2.24, 2.45) is 0 Å². The first kappa shape index (κ1) is 16.4. The van der Waals surface area contributed by atoms with Crippen molar-refractivity contribution in [3.05, 3.63) is 5.21 Å². The lowest BCUT2D eigenvalue weighted by Gasteiger charge is -2.21. The van der Waals surface area contributed by atoms with Crippen LogP contribution in [0.2, 0.25) is 0 Å². The fraction of sp³-hybridized carbons (Fsp3) is 1.00. The maximum absolute atomic E-state index is 8.39. The number of likely N-dealkylation sites (N-methyl/N-ethyl adjacent to an activating group) is 1. The molecule has 0 amide bonds. The topological polar surface area (TPSA) is 101 Å². The maximum atomic E-state index is 8.39. The zero-order chi connectivity index (χ0) is 7.91. The molecule has 0 aromatic carbocycles. The zero-order valence-corrected chi connectivity index (χ0v) is 6.87. The fourth-order valence-electron chi connectivity index (χ4n) is 0.300. The summed E-state index contributed by atoms with van der Waals surface area (Å²) in [5, 5.41) is 16.4. The number of hydrogen-bond donors (Lipinski definition) is 2. The Kier molecular flexibility index (Phi) is 14.4. The van der Waals surface area contributed by atoms with Gasteiger partial charge in [-0.1, -0.05) is 0 Å². The van der Waals surface area contributed by atoms with Crippen LogP contribution in [0.25, 0.3) is 0 Å². The van der Waals surface area contributed by atoms with E-state index in [1.165, 1.54) is 0 Å². The summed E-state index contributed by atoms with van der Waals surface area (Å²) in [6.07, 6.45) is 0. The van der Waals surface area contributed by atoms with Gasteiger partial charge in [0, 0.05) is 0 Å². The van der Waals surface area contributed by atoms with E-state index in [9.17, 15) is 0 Å². The first-order valence-corrected chi connectivity index (χ1v) is 2.76. The van der Waals surface area contributed by atoms with E-state index in [1.807, 2.05) is 5.90 Å². The van der Waals surface area contributed by atoms with Gasteiger partial charge >= 0.3 is 0 Å². The Balaban J connectivity index is -0.000000149. The number of quaternary nitrogens is 2. The van der Waals surface area contributed by atoms with Gasteiger partial charge in [-0.25, -0.2) is 0 Å². The van der Waals surface area contributed by atoms with Crippen molar-refractivity contribution in [1.29, 1.82) is 0 Å². The molecule has 0 aliphatic carbocycles. The van der Waals surface area contributed by atoms with Crippen molar-refractivity contribution in [3.63, 3.8) is 0 Å².